The lowest BCUT2D eigenvalue weighted by atomic mass is 9.91. The van der Waals surface area contributed by atoms with E-state index < -0.39 is 0 Å². The van der Waals surface area contributed by atoms with E-state index in [4.69, 9.17) is 4.99 Å². The van der Waals surface area contributed by atoms with Crippen LogP contribution in [-0.4, -0.2) is 92.3 Å². The number of para-hydroxylation sites is 1. The van der Waals surface area contributed by atoms with Crippen molar-refractivity contribution in [1.29, 1.82) is 0 Å². The van der Waals surface area contributed by atoms with Gasteiger partial charge in [0.25, 0.3) is 0 Å². The van der Waals surface area contributed by atoms with E-state index in [0.29, 0.717) is 0 Å². The van der Waals surface area contributed by atoms with Crippen molar-refractivity contribution in [2.45, 2.75) is 45.6 Å². The van der Waals surface area contributed by atoms with Gasteiger partial charge in [-0.25, -0.2) is 4.99 Å². The maximum absolute atomic E-state index is 4.89. The molecule has 1 N–H and O–H groups in total. The van der Waals surface area contributed by atoms with E-state index in [0.717, 1.165) is 62.5 Å². The molecule has 6 heteroatoms. The molecule has 6 nitrogen and oxygen atoms in total. The highest BCUT2D eigenvalue weighted by Crippen LogP contribution is 2.25. The number of nitrogens with one attached hydrogen (secondary N) is 1. The summed E-state index contributed by atoms with van der Waals surface area (Å²) in [7, 11) is 4.20. The summed E-state index contributed by atoms with van der Waals surface area (Å²) >= 11 is 0. The standard InChI is InChI=1S/C24H40N6/c1-20-9-5-6-12-23(20)27-24(26-21(2)25-13-8-14-28(3)4)19-29-15-17-30(18-16-29)22-10-7-11-22/h5-6,9,12,22H,7-8,10-11,13-19H2,1-4H3,(H,25,26,27). The summed E-state index contributed by atoms with van der Waals surface area (Å²) in [5, 5.41) is 3.60. The maximum atomic E-state index is 4.89. The van der Waals surface area contributed by atoms with Crippen LogP contribution in [0.25, 0.3) is 0 Å². The first-order valence-electron chi connectivity index (χ1n) is 11.5. The Bertz CT molecular complexity index is 714. The van der Waals surface area contributed by atoms with E-state index in [-0.39, 0.29) is 0 Å². The lowest BCUT2D eigenvalue weighted by Crippen LogP contribution is -2.53. The molecule has 2 fully saturated rings. The topological polar surface area (TPSA) is 46.5 Å². The van der Waals surface area contributed by atoms with Crippen LogP contribution in [0, 0.1) is 6.92 Å². The normalized spacial score (nSPS) is 19.9. The van der Waals surface area contributed by atoms with Gasteiger partial charge in [0.1, 0.15) is 11.7 Å². The van der Waals surface area contributed by atoms with Crippen molar-refractivity contribution in [2.75, 3.05) is 65.2 Å². The van der Waals surface area contributed by atoms with Crippen molar-refractivity contribution >= 4 is 17.4 Å². The third kappa shape index (κ3) is 7.18. The monoisotopic (exact) mass is 412 g/mol. The Kier molecular flexibility index (Phi) is 8.85. The Morgan fingerprint density at radius 1 is 1.13 bits per heavy atom. The minimum atomic E-state index is 0.825. The molecular formula is C24H40N6. The van der Waals surface area contributed by atoms with E-state index in [1.54, 1.807) is 0 Å². The summed E-state index contributed by atoms with van der Waals surface area (Å²) < 4.78 is 0. The zero-order valence-electron chi connectivity index (χ0n) is 19.4. The smallest absolute Gasteiger partial charge is 0.122 e. The summed E-state index contributed by atoms with van der Waals surface area (Å²) in [6.07, 6.45) is 5.26. The fourth-order valence-electron chi connectivity index (χ4n) is 4.08. The van der Waals surface area contributed by atoms with Gasteiger partial charge >= 0.3 is 0 Å². The molecule has 1 aliphatic heterocycles. The van der Waals surface area contributed by atoms with Crippen LogP contribution < -0.4 is 5.32 Å². The summed E-state index contributed by atoms with van der Waals surface area (Å²) in [6.45, 7) is 11.5. The number of nitrogens with zero attached hydrogens (tertiary/aromatic N) is 5. The van der Waals surface area contributed by atoms with Crippen LogP contribution in [-0.2, 0) is 0 Å². The fourth-order valence-corrected chi connectivity index (χ4v) is 4.08. The first-order valence-corrected chi connectivity index (χ1v) is 11.5. The number of benzene rings is 1. The van der Waals surface area contributed by atoms with Gasteiger partial charge in [0.15, 0.2) is 0 Å². The molecule has 0 bridgehead atoms. The molecule has 1 aliphatic carbocycles. The molecule has 1 aromatic carbocycles. The van der Waals surface area contributed by atoms with Gasteiger partial charge in [-0.3, -0.25) is 14.8 Å². The Morgan fingerprint density at radius 2 is 1.87 bits per heavy atom. The van der Waals surface area contributed by atoms with Crippen LogP contribution in [0.5, 0.6) is 0 Å². The number of amidine groups is 2. The quantitative estimate of drug-likeness (QED) is 0.404. The van der Waals surface area contributed by atoms with Crippen molar-refractivity contribution in [2.24, 2.45) is 9.98 Å². The summed E-state index contributed by atoms with van der Waals surface area (Å²) in [6, 6.07) is 9.27. The highest BCUT2D eigenvalue weighted by molar-refractivity contribution is 6.04. The molecule has 0 spiro atoms. The summed E-state index contributed by atoms with van der Waals surface area (Å²) in [4.78, 5) is 17.0. The number of rotatable bonds is 8. The largest absolute Gasteiger partial charge is 0.342 e. The third-order valence-corrected chi connectivity index (χ3v) is 6.20. The Balaban J connectivity index is 1.61. The molecule has 1 saturated carbocycles. The van der Waals surface area contributed by atoms with Crippen LogP contribution in [0.2, 0.25) is 0 Å². The van der Waals surface area contributed by atoms with Crippen LogP contribution in [0.4, 0.5) is 5.69 Å². The average Bonchev–Trinajstić information content (AvgIpc) is 2.67. The molecule has 1 heterocycles. The van der Waals surface area contributed by atoms with Crippen LogP contribution in [0.3, 0.4) is 0 Å². The van der Waals surface area contributed by atoms with E-state index in [2.05, 4.69) is 70.3 Å². The Labute approximate surface area is 183 Å². The lowest BCUT2D eigenvalue weighted by molar-refractivity contribution is 0.0680. The van der Waals surface area contributed by atoms with Gasteiger partial charge in [-0.15, -0.1) is 0 Å². The molecule has 0 amide bonds. The maximum Gasteiger partial charge on any atom is 0.122 e. The second kappa shape index (κ2) is 11.6. The molecule has 1 aromatic rings. The number of hydrogen-bond acceptors (Lipinski definition) is 4. The van der Waals surface area contributed by atoms with E-state index >= 15 is 0 Å². The van der Waals surface area contributed by atoms with Crippen molar-refractivity contribution in [1.82, 2.24) is 14.7 Å². The first kappa shape index (κ1) is 22.9. The zero-order chi connectivity index (χ0) is 21.3. The van der Waals surface area contributed by atoms with Gasteiger partial charge in [-0.2, -0.15) is 0 Å². The van der Waals surface area contributed by atoms with Gasteiger partial charge in [0, 0.05) is 44.5 Å². The molecule has 3 rings (SSSR count). The predicted molar refractivity (Wildman–Crippen MR) is 129 cm³/mol. The van der Waals surface area contributed by atoms with Gasteiger partial charge < -0.3 is 10.2 Å². The van der Waals surface area contributed by atoms with Crippen molar-refractivity contribution in [3.05, 3.63) is 29.8 Å². The minimum absolute atomic E-state index is 0.825. The lowest BCUT2D eigenvalue weighted by Gasteiger charge is -2.43. The molecule has 0 radical (unpaired) electrons. The van der Waals surface area contributed by atoms with Crippen LogP contribution >= 0.6 is 0 Å². The van der Waals surface area contributed by atoms with Gasteiger partial charge in [-0.1, -0.05) is 24.6 Å². The van der Waals surface area contributed by atoms with Crippen molar-refractivity contribution in [3.63, 3.8) is 0 Å². The molecule has 0 atom stereocenters. The number of hydrogen-bond donors (Lipinski definition) is 1. The van der Waals surface area contributed by atoms with Gasteiger partial charge in [0.2, 0.25) is 0 Å². The van der Waals surface area contributed by atoms with E-state index in [1.807, 2.05) is 6.92 Å². The summed E-state index contributed by atoms with van der Waals surface area (Å²) in [5.74, 6) is 1.85. The number of anilines is 1. The van der Waals surface area contributed by atoms with Crippen molar-refractivity contribution < 1.29 is 0 Å². The molecule has 0 aromatic heterocycles. The van der Waals surface area contributed by atoms with Gasteiger partial charge in [0.05, 0.1) is 6.54 Å². The van der Waals surface area contributed by atoms with Crippen LogP contribution in [0.1, 0.15) is 38.2 Å². The average molecular weight is 413 g/mol. The Hall–Kier alpha value is -1.76. The second-order valence-electron chi connectivity index (χ2n) is 8.98. The molecule has 1 saturated heterocycles. The van der Waals surface area contributed by atoms with E-state index in [1.165, 1.54) is 37.9 Å². The Morgan fingerprint density at radius 3 is 2.50 bits per heavy atom. The van der Waals surface area contributed by atoms with Crippen molar-refractivity contribution in [3.8, 4) is 0 Å². The predicted octanol–water partition coefficient (Wildman–Crippen LogP) is 3.35. The number of aliphatic imine (C=N–C) groups is 2. The molecule has 30 heavy (non-hydrogen) atoms. The van der Waals surface area contributed by atoms with Crippen LogP contribution in [0.15, 0.2) is 34.3 Å². The zero-order valence-corrected chi connectivity index (χ0v) is 19.4. The summed E-state index contributed by atoms with van der Waals surface area (Å²) in [5.41, 5.74) is 2.37. The third-order valence-electron chi connectivity index (χ3n) is 6.20. The SMILES string of the molecule is CC(=NCCCN(C)C)N=C(CN1CCN(C2CCC2)CC1)Nc1ccccc1C. The van der Waals surface area contributed by atoms with Gasteiger partial charge in [-0.05, 0) is 65.4 Å². The highest BCUT2D eigenvalue weighted by Gasteiger charge is 2.28. The minimum Gasteiger partial charge on any atom is -0.342 e. The number of piperazine rings is 1. The molecule has 166 valence electrons. The first-order chi connectivity index (χ1) is 14.5. The molecular weight excluding hydrogens is 372 g/mol. The second-order valence-corrected chi connectivity index (χ2v) is 8.98. The number of aryl methyl sites for hydroxylation is 1. The fraction of sp³-hybridized carbons (Fsp3) is 0.667. The highest BCUT2D eigenvalue weighted by atomic mass is 15.3. The molecule has 2 aliphatic rings. The molecule has 0 unspecified atom stereocenters. The van der Waals surface area contributed by atoms with E-state index in [9.17, 15) is 0 Å².